The smallest absolute Gasteiger partial charge is 0.271 e. The van der Waals surface area contributed by atoms with Gasteiger partial charge in [0.25, 0.3) is 11.5 Å². The molecule has 5 rings (SSSR count). The predicted molar refractivity (Wildman–Crippen MR) is 143 cm³/mol. The van der Waals surface area contributed by atoms with Gasteiger partial charge < -0.3 is 10.4 Å². The number of carbonyl (C=O) groups is 1. The number of rotatable bonds is 4. The Labute approximate surface area is 220 Å². The maximum Gasteiger partial charge on any atom is 0.271 e. The molecule has 180 valence electrons. The van der Waals surface area contributed by atoms with Crippen LogP contribution in [0.5, 0.6) is 5.75 Å². The van der Waals surface area contributed by atoms with E-state index in [4.69, 9.17) is 23.2 Å². The first-order valence-corrected chi connectivity index (χ1v) is 12.5. The molecule has 0 radical (unpaired) electrons. The summed E-state index contributed by atoms with van der Waals surface area (Å²) in [5.74, 6) is -0.518. The van der Waals surface area contributed by atoms with E-state index < -0.39 is 6.04 Å². The fourth-order valence-electron chi connectivity index (χ4n) is 4.12. The van der Waals surface area contributed by atoms with E-state index in [9.17, 15) is 14.7 Å². The van der Waals surface area contributed by atoms with Crippen molar-refractivity contribution in [2.45, 2.75) is 13.0 Å². The van der Waals surface area contributed by atoms with E-state index in [0.29, 0.717) is 36.9 Å². The zero-order valence-electron chi connectivity index (χ0n) is 18.9. The van der Waals surface area contributed by atoms with Gasteiger partial charge in [-0.25, -0.2) is 4.99 Å². The number of nitrogens with zero attached hydrogens (tertiary/aromatic N) is 2. The van der Waals surface area contributed by atoms with Gasteiger partial charge in [-0.05, 0) is 42.8 Å². The quantitative estimate of drug-likeness (QED) is 0.390. The molecular weight excluding hydrogens is 517 g/mol. The number of fused-ring (bicyclic) bond motifs is 1. The predicted octanol–water partition coefficient (Wildman–Crippen LogP) is 4.89. The van der Waals surface area contributed by atoms with Crippen LogP contribution in [0.1, 0.15) is 24.1 Å². The lowest BCUT2D eigenvalue weighted by Gasteiger charge is -2.25. The minimum absolute atomic E-state index is 0.0828. The molecular formula is C27H19Cl2N3O3S. The molecule has 0 spiro atoms. The average molecular weight is 536 g/mol. The topological polar surface area (TPSA) is 83.7 Å². The number of amides is 1. The first-order valence-electron chi connectivity index (χ1n) is 11.0. The van der Waals surface area contributed by atoms with Crippen LogP contribution in [0.2, 0.25) is 10.0 Å². The number of phenolic OH excluding ortho intramolecular Hbond substituents is 1. The number of anilines is 1. The van der Waals surface area contributed by atoms with Gasteiger partial charge in [-0.3, -0.25) is 14.2 Å². The average Bonchev–Trinajstić information content (AvgIpc) is 3.16. The van der Waals surface area contributed by atoms with Crippen LogP contribution in [0.4, 0.5) is 5.69 Å². The van der Waals surface area contributed by atoms with E-state index in [1.54, 1.807) is 19.1 Å². The monoisotopic (exact) mass is 535 g/mol. The lowest BCUT2D eigenvalue weighted by atomic mass is 9.95. The molecule has 2 N–H and O–H groups in total. The number of hydrogen-bond donors (Lipinski definition) is 2. The molecule has 0 saturated heterocycles. The van der Waals surface area contributed by atoms with Crippen molar-refractivity contribution in [3.8, 4) is 5.75 Å². The maximum atomic E-state index is 13.7. The van der Waals surface area contributed by atoms with Crippen molar-refractivity contribution in [2.24, 2.45) is 4.99 Å². The van der Waals surface area contributed by atoms with Gasteiger partial charge in [0.2, 0.25) is 0 Å². The fraction of sp³-hybridized carbons (Fsp3) is 0.0741. The number of nitrogens with one attached hydrogen (secondary N) is 1. The van der Waals surface area contributed by atoms with Gasteiger partial charge in [0.15, 0.2) is 4.80 Å². The van der Waals surface area contributed by atoms with Gasteiger partial charge in [-0.2, -0.15) is 0 Å². The van der Waals surface area contributed by atoms with Crippen LogP contribution in [0.15, 0.2) is 93.9 Å². The molecule has 1 aliphatic heterocycles. The Bertz CT molecular complexity index is 1690. The Hall–Kier alpha value is -3.65. The van der Waals surface area contributed by atoms with Gasteiger partial charge >= 0.3 is 0 Å². The molecule has 0 saturated carbocycles. The number of allylic oxidation sites excluding steroid dienone is 1. The second-order valence-electron chi connectivity index (χ2n) is 8.14. The van der Waals surface area contributed by atoms with Crippen molar-refractivity contribution in [3.63, 3.8) is 0 Å². The van der Waals surface area contributed by atoms with Crippen LogP contribution in [-0.4, -0.2) is 15.6 Å². The lowest BCUT2D eigenvalue weighted by molar-refractivity contribution is -0.113. The number of carbonyl (C=O) groups excluding carboxylic acids is 1. The highest BCUT2D eigenvalue weighted by Gasteiger charge is 2.32. The van der Waals surface area contributed by atoms with Crippen molar-refractivity contribution in [1.29, 1.82) is 0 Å². The number of aromatic nitrogens is 1. The molecule has 3 aromatic carbocycles. The molecule has 9 heteroatoms. The summed E-state index contributed by atoms with van der Waals surface area (Å²) in [6, 6.07) is 20.7. The molecule has 36 heavy (non-hydrogen) atoms. The van der Waals surface area contributed by atoms with Crippen LogP contribution in [0.3, 0.4) is 0 Å². The summed E-state index contributed by atoms with van der Waals surface area (Å²) in [5.41, 5.74) is 2.26. The van der Waals surface area contributed by atoms with Gasteiger partial charge in [0.1, 0.15) is 5.75 Å². The molecule has 2 heterocycles. The number of para-hydroxylation sites is 1. The van der Waals surface area contributed by atoms with Gasteiger partial charge in [0, 0.05) is 16.3 Å². The summed E-state index contributed by atoms with van der Waals surface area (Å²) in [6.07, 6.45) is 1.53. The van der Waals surface area contributed by atoms with E-state index in [1.165, 1.54) is 22.8 Å². The summed E-state index contributed by atoms with van der Waals surface area (Å²) < 4.78 is 1.84. The van der Waals surface area contributed by atoms with E-state index in [1.807, 2.05) is 48.5 Å². The molecule has 6 nitrogen and oxygen atoms in total. The SMILES string of the molecule is CC1=C(C(=O)Nc2ccccc2)[C@H](c2ccccc2)n2c(sc(=Cc3cc(Cl)cc(Cl)c3O)c2=O)=N1. The standard InChI is InChI=1S/C27H19Cl2N3O3S/c1-15-22(25(34)31-19-10-6-3-7-11-19)23(16-8-4-2-5-9-16)32-26(35)21(36-27(32)30-15)13-17-12-18(28)14-20(29)24(17)33/h2-14,23,33H,1H3,(H,31,34)/t23-/m0/s1. The highest BCUT2D eigenvalue weighted by molar-refractivity contribution is 7.07. The first-order chi connectivity index (χ1) is 17.3. The number of hydrogen-bond acceptors (Lipinski definition) is 5. The normalized spacial score (nSPS) is 15.4. The Kier molecular flexibility index (Phi) is 6.53. The molecule has 0 unspecified atom stereocenters. The number of benzene rings is 3. The zero-order valence-corrected chi connectivity index (χ0v) is 21.2. The largest absolute Gasteiger partial charge is 0.506 e. The van der Waals surface area contributed by atoms with E-state index in [-0.39, 0.29) is 22.2 Å². The molecule has 1 aliphatic rings. The summed E-state index contributed by atoms with van der Waals surface area (Å²) in [4.78, 5) is 32.2. The Morgan fingerprint density at radius 2 is 1.75 bits per heavy atom. The number of halogens is 2. The number of phenols is 1. The Balaban J connectivity index is 1.69. The summed E-state index contributed by atoms with van der Waals surface area (Å²) >= 11 is 13.3. The third kappa shape index (κ3) is 4.48. The molecule has 0 fully saturated rings. The third-order valence-corrected chi connectivity index (χ3v) is 7.25. The number of thiazole rings is 1. The minimum Gasteiger partial charge on any atom is -0.506 e. The molecule has 0 bridgehead atoms. The summed E-state index contributed by atoms with van der Waals surface area (Å²) in [5, 5.41) is 13.7. The summed E-state index contributed by atoms with van der Waals surface area (Å²) in [6.45, 7) is 1.76. The highest BCUT2D eigenvalue weighted by Crippen LogP contribution is 2.32. The Morgan fingerprint density at radius 1 is 1.08 bits per heavy atom. The fourth-order valence-corrected chi connectivity index (χ4v) is 5.67. The summed E-state index contributed by atoms with van der Waals surface area (Å²) in [7, 11) is 0. The molecule has 1 amide bonds. The van der Waals surface area contributed by atoms with Crippen LogP contribution in [0, 0.1) is 0 Å². The van der Waals surface area contributed by atoms with Crippen LogP contribution >= 0.6 is 34.5 Å². The van der Waals surface area contributed by atoms with Crippen molar-refractivity contribution >= 4 is 52.2 Å². The first kappa shape index (κ1) is 24.1. The van der Waals surface area contributed by atoms with E-state index in [2.05, 4.69) is 10.3 Å². The molecule has 0 aliphatic carbocycles. The van der Waals surface area contributed by atoms with E-state index >= 15 is 0 Å². The van der Waals surface area contributed by atoms with Crippen LogP contribution in [0.25, 0.3) is 6.08 Å². The van der Waals surface area contributed by atoms with Gasteiger partial charge in [-0.1, -0.05) is 83.1 Å². The van der Waals surface area contributed by atoms with Crippen molar-refractivity contribution in [1.82, 2.24) is 4.57 Å². The lowest BCUT2D eigenvalue weighted by Crippen LogP contribution is -2.40. The second-order valence-corrected chi connectivity index (χ2v) is 9.99. The second kappa shape index (κ2) is 9.78. The highest BCUT2D eigenvalue weighted by atomic mass is 35.5. The van der Waals surface area contributed by atoms with Gasteiger partial charge in [-0.15, -0.1) is 0 Å². The van der Waals surface area contributed by atoms with Crippen molar-refractivity contribution in [3.05, 3.63) is 125 Å². The number of aromatic hydroxyl groups is 1. The van der Waals surface area contributed by atoms with Crippen molar-refractivity contribution < 1.29 is 9.90 Å². The third-order valence-electron chi connectivity index (χ3n) is 5.76. The Morgan fingerprint density at radius 3 is 2.44 bits per heavy atom. The maximum absolute atomic E-state index is 13.7. The van der Waals surface area contributed by atoms with Crippen LogP contribution < -0.4 is 20.2 Å². The van der Waals surface area contributed by atoms with Gasteiger partial charge in [0.05, 0.1) is 26.9 Å². The molecule has 1 atom stereocenters. The minimum atomic E-state index is -0.690. The van der Waals surface area contributed by atoms with Crippen molar-refractivity contribution in [2.75, 3.05) is 5.32 Å². The molecule has 4 aromatic rings. The molecule has 1 aromatic heterocycles. The van der Waals surface area contributed by atoms with E-state index in [0.717, 1.165) is 16.9 Å². The van der Waals surface area contributed by atoms with Crippen LogP contribution in [-0.2, 0) is 4.79 Å². The zero-order chi connectivity index (χ0) is 25.4.